The molecule has 88 valence electrons. The van der Waals surface area contributed by atoms with Gasteiger partial charge >= 0.3 is 0 Å². The Balaban J connectivity index is 2.94. The normalized spacial score (nSPS) is 10.2. The molecule has 16 heavy (non-hydrogen) atoms. The highest BCUT2D eigenvalue weighted by Gasteiger charge is 2.14. The molecule has 0 atom stereocenters. The van der Waals surface area contributed by atoms with Crippen LogP contribution in [0.3, 0.4) is 0 Å². The Morgan fingerprint density at radius 2 is 2.12 bits per heavy atom. The number of rotatable bonds is 4. The monoisotopic (exact) mass is 303 g/mol. The number of hydrogen-bond donors (Lipinski definition) is 0. The Kier molecular flexibility index (Phi) is 5.29. The third-order valence-corrected chi connectivity index (χ3v) is 2.89. The summed E-state index contributed by atoms with van der Waals surface area (Å²) < 4.78 is 0. The molecule has 0 unspecified atom stereocenters. The van der Waals surface area contributed by atoms with Crippen LogP contribution >= 0.6 is 27.5 Å². The number of halogens is 2. The first-order chi connectivity index (χ1) is 7.58. The molecule has 0 aliphatic rings. The molecule has 0 fully saturated rings. The van der Waals surface area contributed by atoms with E-state index in [9.17, 15) is 4.79 Å². The van der Waals surface area contributed by atoms with E-state index < -0.39 is 0 Å². The lowest BCUT2D eigenvalue weighted by molar-refractivity contribution is 0.0775. The second-order valence-corrected chi connectivity index (χ2v) is 4.82. The first-order valence-electron chi connectivity index (χ1n) is 5.21. The molecule has 2 nitrogen and oxygen atoms in total. The van der Waals surface area contributed by atoms with Crippen LogP contribution in [0.2, 0.25) is 5.02 Å². The predicted molar refractivity (Wildman–Crippen MR) is 71.6 cm³/mol. The molecule has 4 heteroatoms. The molecule has 0 aliphatic carbocycles. The largest absolute Gasteiger partial charge is 0.338 e. The van der Waals surface area contributed by atoms with Gasteiger partial charge in [0, 0.05) is 29.0 Å². The minimum atomic E-state index is 0.0348. The van der Waals surface area contributed by atoms with Gasteiger partial charge in [0.15, 0.2) is 0 Å². The average Bonchev–Trinajstić information content (AvgIpc) is 2.23. The minimum absolute atomic E-state index is 0.0348. The Hall–Kier alpha value is -0.540. The van der Waals surface area contributed by atoms with Crippen molar-refractivity contribution in [1.29, 1.82) is 0 Å². The lowest BCUT2D eigenvalue weighted by atomic mass is 10.1. The SMILES string of the molecule is CCN(CCBr)C(=O)c1cc(C)cc(Cl)c1. The van der Waals surface area contributed by atoms with E-state index in [1.807, 2.05) is 26.0 Å². The fourth-order valence-corrected chi connectivity index (χ4v) is 2.27. The molecule has 0 saturated carbocycles. The molecule has 1 aromatic carbocycles. The first kappa shape index (κ1) is 13.5. The highest BCUT2D eigenvalue weighted by Crippen LogP contribution is 2.16. The maximum atomic E-state index is 12.1. The molecule has 1 aromatic rings. The van der Waals surface area contributed by atoms with Crippen LogP contribution in [0.25, 0.3) is 0 Å². The van der Waals surface area contributed by atoms with Gasteiger partial charge in [0.2, 0.25) is 0 Å². The van der Waals surface area contributed by atoms with E-state index in [2.05, 4.69) is 15.9 Å². The number of benzene rings is 1. The highest BCUT2D eigenvalue weighted by atomic mass is 79.9. The van der Waals surface area contributed by atoms with Gasteiger partial charge < -0.3 is 4.90 Å². The summed E-state index contributed by atoms with van der Waals surface area (Å²) in [4.78, 5) is 13.9. The zero-order chi connectivity index (χ0) is 12.1. The van der Waals surface area contributed by atoms with Crippen molar-refractivity contribution in [3.05, 3.63) is 34.3 Å². The topological polar surface area (TPSA) is 20.3 Å². The number of nitrogens with zero attached hydrogens (tertiary/aromatic N) is 1. The van der Waals surface area contributed by atoms with Gasteiger partial charge in [-0.2, -0.15) is 0 Å². The highest BCUT2D eigenvalue weighted by molar-refractivity contribution is 9.09. The molecule has 1 amide bonds. The summed E-state index contributed by atoms with van der Waals surface area (Å²) in [6.45, 7) is 5.32. The van der Waals surface area contributed by atoms with Crippen LogP contribution in [0.1, 0.15) is 22.8 Å². The second-order valence-electron chi connectivity index (χ2n) is 3.59. The third kappa shape index (κ3) is 3.49. The van der Waals surface area contributed by atoms with Crippen molar-refractivity contribution in [1.82, 2.24) is 4.90 Å². The summed E-state index contributed by atoms with van der Waals surface area (Å²) in [6.07, 6.45) is 0. The van der Waals surface area contributed by atoms with Crippen molar-refractivity contribution in [2.45, 2.75) is 13.8 Å². The molecule has 0 radical (unpaired) electrons. The molecule has 0 N–H and O–H groups in total. The second kappa shape index (κ2) is 6.26. The zero-order valence-corrected chi connectivity index (χ0v) is 11.8. The fraction of sp³-hybridized carbons (Fsp3) is 0.417. The van der Waals surface area contributed by atoms with Crippen molar-refractivity contribution in [2.75, 3.05) is 18.4 Å². The van der Waals surface area contributed by atoms with Gasteiger partial charge in [-0.05, 0) is 37.6 Å². The Labute approximate surface area is 110 Å². The summed E-state index contributed by atoms with van der Waals surface area (Å²) in [5.41, 5.74) is 1.67. The van der Waals surface area contributed by atoms with Gasteiger partial charge in [-0.1, -0.05) is 27.5 Å². The summed E-state index contributed by atoms with van der Waals surface area (Å²) in [5.74, 6) is 0.0348. The fourth-order valence-electron chi connectivity index (χ4n) is 1.55. The molecular weight excluding hydrogens is 289 g/mol. The van der Waals surface area contributed by atoms with E-state index >= 15 is 0 Å². The molecule has 0 bridgehead atoms. The zero-order valence-electron chi connectivity index (χ0n) is 9.46. The molecular formula is C12H15BrClNO. The van der Waals surface area contributed by atoms with Crippen LogP contribution in [-0.2, 0) is 0 Å². The Bertz CT molecular complexity index is 361. The third-order valence-electron chi connectivity index (χ3n) is 2.31. The summed E-state index contributed by atoms with van der Waals surface area (Å²) in [7, 11) is 0. The van der Waals surface area contributed by atoms with Crippen molar-refractivity contribution >= 4 is 33.4 Å². The number of carbonyl (C=O) groups is 1. The Morgan fingerprint density at radius 3 is 2.62 bits per heavy atom. The Morgan fingerprint density at radius 1 is 1.44 bits per heavy atom. The van der Waals surface area contributed by atoms with Crippen LogP contribution in [0.15, 0.2) is 18.2 Å². The van der Waals surface area contributed by atoms with Gasteiger partial charge in [0.25, 0.3) is 5.91 Å². The van der Waals surface area contributed by atoms with Crippen molar-refractivity contribution in [2.24, 2.45) is 0 Å². The van der Waals surface area contributed by atoms with Gasteiger partial charge in [0.1, 0.15) is 0 Å². The predicted octanol–water partition coefficient (Wildman–Crippen LogP) is 3.51. The average molecular weight is 305 g/mol. The van der Waals surface area contributed by atoms with E-state index in [-0.39, 0.29) is 5.91 Å². The van der Waals surface area contributed by atoms with Crippen molar-refractivity contribution < 1.29 is 4.79 Å². The smallest absolute Gasteiger partial charge is 0.253 e. The van der Waals surface area contributed by atoms with E-state index in [1.165, 1.54) is 0 Å². The van der Waals surface area contributed by atoms with Crippen molar-refractivity contribution in [3.63, 3.8) is 0 Å². The molecule has 0 saturated heterocycles. The van der Waals surface area contributed by atoms with Crippen LogP contribution in [0.4, 0.5) is 0 Å². The van der Waals surface area contributed by atoms with E-state index in [4.69, 9.17) is 11.6 Å². The van der Waals surface area contributed by atoms with Crippen LogP contribution < -0.4 is 0 Å². The summed E-state index contributed by atoms with van der Waals surface area (Å²) in [6, 6.07) is 5.43. The quantitative estimate of drug-likeness (QED) is 0.780. The van der Waals surface area contributed by atoms with Crippen LogP contribution in [0, 0.1) is 6.92 Å². The maximum absolute atomic E-state index is 12.1. The van der Waals surface area contributed by atoms with E-state index in [0.29, 0.717) is 23.7 Å². The molecule has 0 aromatic heterocycles. The molecule has 0 spiro atoms. The summed E-state index contributed by atoms with van der Waals surface area (Å²) in [5, 5.41) is 1.39. The molecule has 1 rings (SSSR count). The van der Waals surface area contributed by atoms with Gasteiger partial charge in [-0.25, -0.2) is 0 Å². The van der Waals surface area contributed by atoms with E-state index in [0.717, 1.165) is 10.9 Å². The lowest BCUT2D eigenvalue weighted by Crippen LogP contribution is -2.32. The molecule has 0 aliphatic heterocycles. The standard InChI is InChI=1S/C12H15BrClNO/c1-3-15(5-4-13)12(16)10-6-9(2)7-11(14)8-10/h6-8H,3-5H2,1-2H3. The lowest BCUT2D eigenvalue weighted by Gasteiger charge is -2.20. The maximum Gasteiger partial charge on any atom is 0.253 e. The van der Waals surface area contributed by atoms with Crippen LogP contribution in [0.5, 0.6) is 0 Å². The van der Waals surface area contributed by atoms with E-state index in [1.54, 1.807) is 11.0 Å². The van der Waals surface area contributed by atoms with Gasteiger partial charge in [0.05, 0.1) is 0 Å². The number of carbonyl (C=O) groups excluding carboxylic acids is 1. The molecule has 0 heterocycles. The first-order valence-corrected chi connectivity index (χ1v) is 6.71. The van der Waals surface area contributed by atoms with Gasteiger partial charge in [-0.3, -0.25) is 4.79 Å². The van der Waals surface area contributed by atoms with Crippen LogP contribution in [-0.4, -0.2) is 29.2 Å². The summed E-state index contributed by atoms with van der Waals surface area (Å²) >= 11 is 9.28. The van der Waals surface area contributed by atoms with Crippen molar-refractivity contribution in [3.8, 4) is 0 Å². The number of hydrogen-bond acceptors (Lipinski definition) is 1. The number of aryl methyl sites for hydroxylation is 1. The number of alkyl halides is 1. The van der Waals surface area contributed by atoms with Gasteiger partial charge in [-0.15, -0.1) is 0 Å². The minimum Gasteiger partial charge on any atom is -0.338 e. The number of amides is 1.